The number of nitrogens with zero attached hydrogens (tertiary/aromatic N) is 1. The highest BCUT2D eigenvalue weighted by Crippen LogP contribution is 2.31. The SMILES string of the molecule is Cc1nc(-c2cccs2)sc1C(=O)NCC(F)(F)CN.Cl.Cl. The van der Waals surface area contributed by atoms with Gasteiger partial charge in [0.15, 0.2) is 0 Å². The number of carbonyl (C=O) groups is 1. The Labute approximate surface area is 147 Å². The quantitative estimate of drug-likeness (QED) is 0.823. The summed E-state index contributed by atoms with van der Waals surface area (Å²) in [4.78, 5) is 17.5. The molecule has 3 N–H and O–H groups in total. The number of rotatable bonds is 5. The lowest BCUT2D eigenvalue weighted by Crippen LogP contribution is -2.41. The number of aryl methyl sites for hydroxylation is 1. The van der Waals surface area contributed by atoms with E-state index in [1.807, 2.05) is 17.5 Å². The summed E-state index contributed by atoms with van der Waals surface area (Å²) >= 11 is 2.71. The molecule has 2 aromatic rings. The Morgan fingerprint density at radius 1 is 1.45 bits per heavy atom. The van der Waals surface area contributed by atoms with Crippen LogP contribution in [0.1, 0.15) is 15.4 Å². The lowest BCUT2D eigenvalue weighted by atomic mass is 10.3. The highest BCUT2D eigenvalue weighted by atomic mass is 35.5. The van der Waals surface area contributed by atoms with Crippen LogP contribution in [0.3, 0.4) is 0 Å². The molecule has 4 nitrogen and oxygen atoms in total. The molecule has 0 aromatic carbocycles. The Hall–Kier alpha value is -0.800. The number of alkyl halides is 2. The van der Waals surface area contributed by atoms with E-state index in [4.69, 9.17) is 5.73 Å². The third kappa shape index (κ3) is 5.13. The van der Waals surface area contributed by atoms with Gasteiger partial charge in [-0.15, -0.1) is 47.5 Å². The summed E-state index contributed by atoms with van der Waals surface area (Å²) in [6.45, 7) is 0.118. The maximum Gasteiger partial charge on any atom is 0.277 e. The van der Waals surface area contributed by atoms with Crippen LogP contribution in [0.15, 0.2) is 17.5 Å². The molecule has 0 bridgehead atoms. The summed E-state index contributed by atoms with van der Waals surface area (Å²) < 4.78 is 26.0. The van der Waals surface area contributed by atoms with Crippen molar-refractivity contribution in [2.24, 2.45) is 5.73 Å². The van der Waals surface area contributed by atoms with Crippen molar-refractivity contribution in [2.45, 2.75) is 12.8 Å². The monoisotopic (exact) mass is 389 g/mol. The number of hydrogen-bond donors (Lipinski definition) is 2. The molecule has 0 fully saturated rings. The fourth-order valence-corrected chi connectivity index (χ4v) is 3.25. The predicted octanol–water partition coefficient (Wildman–Crippen LogP) is 3.35. The average Bonchev–Trinajstić information content (AvgIpc) is 3.05. The maximum absolute atomic E-state index is 13.0. The van der Waals surface area contributed by atoms with Gasteiger partial charge < -0.3 is 11.1 Å². The Morgan fingerprint density at radius 2 is 2.14 bits per heavy atom. The van der Waals surface area contributed by atoms with Crippen molar-refractivity contribution in [1.29, 1.82) is 0 Å². The van der Waals surface area contributed by atoms with Gasteiger partial charge in [0.2, 0.25) is 0 Å². The van der Waals surface area contributed by atoms with Crippen LogP contribution >= 0.6 is 47.5 Å². The van der Waals surface area contributed by atoms with E-state index in [1.165, 1.54) is 22.7 Å². The van der Waals surface area contributed by atoms with E-state index in [9.17, 15) is 13.6 Å². The van der Waals surface area contributed by atoms with Gasteiger partial charge in [-0.3, -0.25) is 4.79 Å². The van der Waals surface area contributed by atoms with Crippen molar-refractivity contribution < 1.29 is 13.6 Å². The number of thiophene rings is 1. The molecular formula is C12H15Cl2F2N3OS2. The molecule has 0 aliphatic heterocycles. The van der Waals surface area contributed by atoms with Crippen LogP contribution in [0.2, 0.25) is 0 Å². The molecule has 1 amide bonds. The molecule has 10 heteroatoms. The van der Waals surface area contributed by atoms with Gasteiger partial charge in [-0.25, -0.2) is 13.8 Å². The van der Waals surface area contributed by atoms with Crippen LogP contribution in [0.5, 0.6) is 0 Å². The average molecular weight is 390 g/mol. The molecule has 0 aliphatic carbocycles. The lowest BCUT2D eigenvalue weighted by Gasteiger charge is -2.13. The summed E-state index contributed by atoms with van der Waals surface area (Å²) in [7, 11) is 0. The number of halogens is 4. The van der Waals surface area contributed by atoms with Crippen molar-refractivity contribution in [1.82, 2.24) is 10.3 Å². The summed E-state index contributed by atoms with van der Waals surface area (Å²) in [5.41, 5.74) is 5.45. The van der Waals surface area contributed by atoms with Gasteiger partial charge in [0.05, 0.1) is 23.7 Å². The largest absolute Gasteiger partial charge is 0.345 e. The maximum atomic E-state index is 13.0. The van der Waals surface area contributed by atoms with Crippen molar-refractivity contribution in [3.63, 3.8) is 0 Å². The predicted molar refractivity (Wildman–Crippen MR) is 91.0 cm³/mol. The Morgan fingerprint density at radius 3 is 2.68 bits per heavy atom. The van der Waals surface area contributed by atoms with E-state index < -0.39 is 24.9 Å². The number of hydrogen-bond acceptors (Lipinski definition) is 5. The first kappa shape index (κ1) is 21.2. The van der Waals surface area contributed by atoms with Crippen molar-refractivity contribution in [3.05, 3.63) is 28.1 Å². The standard InChI is InChI=1S/C12H13F2N3OS2.2ClH/c1-7-9(10(18)16-6-12(13,14)5-15)20-11(17-7)8-3-2-4-19-8;;/h2-4H,5-6,15H2,1H3,(H,16,18);2*1H. The molecule has 0 radical (unpaired) electrons. The zero-order valence-electron chi connectivity index (χ0n) is 11.5. The molecule has 0 atom stereocenters. The Kier molecular flexibility index (Phi) is 8.42. The normalized spacial score (nSPS) is 10.5. The van der Waals surface area contributed by atoms with E-state index in [0.29, 0.717) is 15.6 Å². The van der Waals surface area contributed by atoms with Crippen molar-refractivity contribution in [2.75, 3.05) is 13.1 Å². The molecule has 0 unspecified atom stereocenters. The highest BCUT2D eigenvalue weighted by Gasteiger charge is 2.28. The minimum Gasteiger partial charge on any atom is -0.345 e. The summed E-state index contributed by atoms with van der Waals surface area (Å²) in [6.07, 6.45) is 0. The van der Waals surface area contributed by atoms with Crippen LogP contribution in [0, 0.1) is 6.92 Å². The number of amides is 1. The van der Waals surface area contributed by atoms with Gasteiger partial charge in [-0.05, 0) is 18.4 Å². The van der Waals surface area contributed by atoms with Crippen LogP contribution < -0.4 is 11.1 Å². The minimum absolute atomic E-state index is 0. The van der Waals surface area contributed by atoms with E-state index >= 15 is 0 Å². The topological polar surface area (TPSA) is 68.0 Å². The van der Waals surface area contributed by atoms with Crippen molar-refractivity contribution >= 4 is 53.4 Å². The van der Waals surface area contributed by atoms with Gasteiger partial charge in [0.1, 0.15) is 9.88 Å². The third-order valence-electron chi connectivity index (χ3n) is 2.54. The fourth-order valence-electron chi connectivity index (χ4n) is 1.47. The second-order valence-corrected chi connectivity index (χ2v) is 6.10. The van der Waals surface area contributed by atoms with Gasteiger partial charge in [0.25, 0.3) is 11.8 Å². The van der Waals surface area contributed by atoms with Gasteiger partial charge in [0, 0.05) is 0 Å². The first-order chi connectivity index (χ1) is 9.43. The summed E-state index contributed by atoms with van der Waals surface area (Å²) in [5.74, 6) is -3.64. The summed E-state index contributed by atoms with van der Waals surface area (Å²) in [5, 5.41) is 4.82. The summed E-state index contributed by atoms with van der Waals surface area (Å²) in [6, 6.07) is 3.78. The number of nitrogens with two attached hydrogens (primary N) is 1. The molecular weight excluding hydrogens is 375 g/mol. The van der Waals surface area contributed by atoms with Crippen molar-refractivity contribution in [3.8, 4) is 9.88 Å². The fraction of sp³-hybridized carbons (Fsp3) is 0.333. The van der Waals surface area contributed by atoms with E-state index in [-0.39, 0.29) is 24.8 Å². The lowest BCUT2D eigenvalue weighted by molar-refractivity contribution is 0.0119. The van der Waals surface area contributed by atoms with E-state index in [1.54, 1.807) is 6.92 Å². The minimum atomic E-state index is -3.09. The second kappa shape index (κ2) is 8.73. The number of nitrogens with one attached hydrogen (secondary N) is 1. The number of carbonyl (C=O) groups excluding carboxylic acids is 1. The molecule has 2 heterocycles. The molecule has 22 heavy (non-hydrogen) atoms. The number of aromatic nitrogens is 1. The van der Waals surface area contributed by atoms with Gasteiger partial charge in [-0.1, -0.05) is 6.07 Å². The first-order valence-corrected chi connectivity index (χ1v) is 7.50. The van der Waals surface area contributed by atoms with Crippen LogP contribution in [0.25, 0.3) is 9.88 Å². The molecule has 0 saturated heterocycles. The molecule has 0 saturated carbocycles. The molecule has 2 aromatic heterocycles. The smallest absolute Gasteiger partial charge is 0.277 e. The van der Waals surface area contributed by atoms with Gasteiger partial charge in [-0.2, -0.15) is 0 Å². The molecule has 2 rings (SSSR count). The van der Waals surface area contributed by atoms with Crippen LogP contribution in [-0.4, -0.2) is 29.9 Å². The van der Waals surface area contributed by atoms with Crippen LogP contribution in [-0.2, 0) is 0 Å². The highest BCUT2D eigenvalue weighted by molar-refractivity contribution is 7.22. The Bertz CT molecular complexity index is 606. The Balaban J connectivity index is 0.00000220. The zero-order chi connectivity index (χ0) is 14.8. The first-order valence-electron chi connectivity index (χ1n) is 5.80. The van der Waals surface area contributed by atoms with E-state index in [0.717, 1.165) is 4.88 Å². The number of thiazole rings is 1. The third-order valence-corrected chi connectivity index (χ3v) is 4.74. The second-order valence-electron chi connectivity index (χ2n) is 4.15. The van der Waals surface area contributed by atoms with Crippen LogP contribution in [0.4, 0.5) is 8.78 Å². The molecule has 0 spiro atoms. The zero-order valence-corrected chi connectivity index (χ0v) is 14.7. The molecule has 124 valence electrons. The van der Waals surface area contributed by atoms with Gasteiger partial charge >= 0.3 is 0 Å². The molecule has 0 aliphatic rings. The van der Waals surface area contributed by atoms with E-state index in [2.05, 4.69) is 10.3 Å².